The number of fused-ring (bicyclic) bond motifs is 1. The van der Waals surface area contributed by atoms with Gasteiger partial charge in [-0.1, -0.05) is 19.1 Å². The second-order valence-corrected chi connectivity index (χ2v) is 7.12. The van der Waals surface area contributed by atoms with Gasteiger partial charge in [-0.3, -0.25) is 9.78 Å². The van der Waals surface area contributed by atoms with Crippen molar-refractivity contribution < 1.29 is 4.79 Å². The first-order valence-corrected chi connectivity index (χ1v) is 9.74. The van der Waals surface area contributed by atoms with Crippen molar-refractivity contribution in [2.45, 2.75) is 19.8 Å². The van der Waals surface area contributed by atoms with Gasteiger partial charge in [-0.05, 0) is 42.5 Å². The second kappa shape index (κ2) is 7.67. The van der Waals surface area contributed by atoms with Gasteiger partial charge in [0.2, 0.25) is 0 Å². The highest BCUT2D eigenvalue weighted by Gasteiger charge is 2.14. The standard InChI is InChI=1S/C20H19N5OS/c1-2-14-12-18(20(26)22-10-8-15-6-5-11-27-15)23-19-13-17(24-25(14)19)16-7-3-4-9-21-16/h3-7,9,11-13H,2,8,10H2,1H3,(H,22,26). The van der Waals surface area contributed by atoms with Gasteiger partial charge in [-0.15, -0.1) is 11.3 Å². The van der Waals surface area contributed by atoms with Crippen LogP contribution in [0.25, 0.3) is 17.0 Å². The molecule has 6 nitrogen and oxygen atoms in total. The molecule has 27 heavy (non-hydrogen) atoms. The quantitative estimate of drug-likeness (QED) is 0.559. The van der Waals surface area contributed by atoms with E-state index in [1.54, 1.807) is 22.0 Å². The van der Waals surface area contributed by atoms with Crippen LogP contribution in [0.5, 0.6) is 0 Å². The first kappa shape index (κ1) is 17.4. The molecule has 0 aliphatic heterocycles. The fourth-order valence-electron chi connectivity index (χ4n) is 2.89. The van der Waals surface area contributed by atoms with Gasteiger partial charge >= 0.3 is 0 Å². The zero-order valence-electron chi connectivity index (χ0n) is 14.9. The Morgan fingerprint density at radius 2 is 2.11 bits per heavy atom. The molecule has 0 radical (unpaired) electrons. The number of carbonyl (C=O) groups is 1. The van der Waals surface area contributed by atoms with Crippen molar-refractivity contribution in [1.82, 2.24) is 24.9 Å². The van der Waals surface area contributed by atoms with E-state index in [2.05, 4.69) is 26.4 Å². The minimum Gasteiger partial charge on any atom is -0.350 e. The smallest absolute Gasteiger partial charge is 0.270 e. The molecule has 0 aromatic carbocycles. The topological polar surface area (TPSA) is 72.2 Å². The molecule has 0 spiro atoms. The predicted molar refractivity (Wildman–Crippen MR) is 106 cm³/mol. The van der Waals surface area contributed by atoms with Crippen LogP contribution in [0.15, 0.2) is 54.0 Å². The van der Waals surface area contributed by atoms with Crippen LogP contribution in [0.1, 0.15) is 28.0 Å². The van der Waals surface area contributed by atoms with Crippen molar-refractivity contribution in [3.63, 3.8) is 0 Å². The minimum atomic E-state index is -0.163. The number of aromatic nitrogens is 4. The van der Waals surface area contributed by atoms with Gasteiger partial charge in [0.1, 0.15) is 11.4 Å². The lowest BCUT2D eigenvalue weighted by Crippen LogP contribution is -2.27. The highest BCUT2D eigenvalue weighted by Crippen LogP contribution is 2.18. The number of nitrogens with one attached hydrogen (secondary N) is 1. The summed E-state index contributed by atoms with van der Waals surface area (Å²) < 4.78 is 1.78. The van der Waals surface area contributed by atoms with Gasteiger partial charge in [0.05, 0.1) is 5.69 Å². The largest absolute Gasteiger partial charge is 0.350 e. The first-order chi connectivity index (χ1) is 13.2. The third kappa shape index (κ3) is 3.73. The Morgan fingerprint density at radius 3 is 2.85 bits per heavy atom. The lowest BCUT2D eigenvalue weighted by Gasteiger charge is -2.07. The molecule has 0 bridgehead atoms. The zero-order chi connectivity index (χ0) is 18.6. The number of hydrogen-bond acceptors (Lipinski definition) is 5. The highest BCUT2D eigenvalue weighted by atomic mass is 32.1. The van der Waals surface area contributed by atoms with Crippen LogP contribution < -0.4 is 5.32 Å². The summed E-state index contributed by atoms with van der Waals surface area (Å²) in [5.41, 5.74) is 3.53. The molecular formula is C20H19N5OS. The lowest BCUT2D eigenvalue weighted by molar-refractivity contribution is 0.0949. The van der Waals surface area contributed by atoms with E-state index in [1.165, 1.54) is 4.88 Å². The molecular weight excluding hydrogens is 358 g/mol. The number of carbonyl (C=O) groups excluding carboxylic acids is 1. The molecule has 1 amide bonds. The summed E-state index contributed by atoms with van der Waals surface area (Å²) in [6, 6.07) is 13.5. The average Bonchev–Trinajstić information content (AvgIpc) is 3.37. The Morgan fingerprint density at radius 1 is 1.19 bits per heavy atom. The fraction of sp³-hybridized carbons (Fsp3) is 0.200. The molecule has 7 heteroatoms. The number of nitrogens with zero attached hydrogens (tertiary/aromatic N) is 4. The molecule has 0 aliphatic carbocycles. The summed E-state index contributed by atoms with van der Waals surface area (Å²) in [5.74, 6) is -0.163. The molecule has 4 heterocycles. The second-order valence-electron chi connectivity index (χ2n) is 6.09. The van der Waals surface area contributed by atoms with E-state index in [4.69, 9.17) is 0 Å². The molecule has 0 saturated carbocycles. The lowest BCUT2D eigenvalue weighted by atomic mass is 10.2. The van der Waals surface area contributed by atoms with Gasteiger partial charge < -0.3 is 5.32 Å². The average molecular weight is 377 g/mol. The van der Waals surface area contributed by atoms with Crippen LogP contribution >= 0.6 is 11.3 Å². The molecule has 4 aromatic heterocycles. The van der Waals surface area contributed by atoms with Gasteiger partial charge in [0.15, 0.2) is 5.65 Å². The Labute approximate surface area is 160 Å². The number of aryl methyl sites for hydroxylation is 1. The van der Waals surface area contributed by atoms with Crippen molar-refractivity contribution in [3.8, 4) is 11.4 Å². The summed E-state index contributed by atoms with van der Waals surface area (Å²) in [7, 11) is 0. The summed E-state index contributed by atoms with van der Waals surface area (Å²) >= 11 is 1.69. The van der Waals surface area contributed by atoms with E-state index in [-0.39, 0.29) is 5.91 Å². The van der Waals surface area contributed by atoms with Crippen molar-refractivity contribution in [2.75, 3.05) is 6.54 Å². The number of rotatable bonds is 6. The molecule has 0 fully saturated rings. The van der Waals surface area contributed by atoms with Crippen molar-refractivity contribution in [2.24, 2.45) is 0 Å². The number of hydrogen-bond donors (Lipinski definition) is 1. The molecule has 4 rings (SSSR count). The Balaban J connectivity index is 1.58. The molecule has 4 aromatic rings. The maximum Gasteiger partial charge on any atom is 0.270 e. The molecule has 136 valence electrons. The van der Waals surface area contributed by atoms with E-state index in [1.807, 2.05) is 48.7 Å². The van der Waals surface area contributed by atoms with Crippen LogP contribution in [0.2, 0.25) is 0 Å². The van der Waals surface area contributed by atoms with Gasteiger partial charge in [0.25, 0.3) is 5.91 Å². The van der Waals surface area contributed by atoms with Crippen molar-refractivity contribution in [1.29, 1.82) is 0 Å². The van der Waals surface area contributed by atoms with E-state index in [0.717, 1.165) is 29.9 Å². The molecule has 0 atom stereocenters. The molecule has 0 aliphatic rings. The highest BCUT2D eigenvalue weighted by molar-refractivity contribution is 7.09. The van der Waals surface area contributed by atoms with Crippen LogP contribution in [-0.2, 0) is 12.8 Å². The molecule has 0 unspecified atom stereocenters. The first-order valence-electron chi connectivity index (χ1n) is 8.86. The van der Waals surface area contributed by atoms with Gasteiger partial charge in [-0.25, -0.2) is 9.50 Å². The summed E-state index contributed by atoms with van der Waals surface area (Å²) in [6.07, 6.45) is 3.31. The molecule has 0 saturated heterocycles. The summed E-state index contributed by atoms with van der Waals surface area (Å²) in [6.45, 7) is 2.63. The maximum absolute atomic E-state index is 12.5. The third-order valence-corrected chi connectivity index (χ3v) is 5.20. The summed E-state index contributed by atoms with van der Waals surface area (Å²) in [4.78, 5) is 22.7. The van der Waals surface area contributed by atoms with Crippen LogP contribution in [0.4, 0.5) is 0 Å². The minimum absolute atomic E-state index is 0.163. The van der Waals surface area contributed by atoms with Crippen molar-refractivity contribution in [3.05, 3.63) is 70.3 Å². The van der Waals surface area contributed by atoms with E-state index < -0.39 is 0 Å². The van der Waals surface area contributed by atoms with E-state index in [0.29, 0.717) is 17.9 Å². The number of pyridine rings is 1. The molecule has 1 N–H and O–H groups in total. The van der Waals surface area contributed by atoms with Gasteiger partial charge in [-0.2, -0.15) is 5.10 Å². The maximum atomic E-state index is 12.5. The Bertz CT molecular complexity index is 1060. The summed E-state index contributed by atoms with van der Waals surface area (Å²) in [5, 5.41) is 9.61. The monoisotopic (exact) mass is 377 g/mol. The van der Waals surface area contributed by atoms with Gasteiger partial charge in [0, 0.05) is 29.4 Å². The van der Waals surface area contributed by atoms with E-state index >= 15 is 0 Å². The predicted octanol–water partition coefficient (Wildman–Crippen LogP) is 3.39. The Kier molecular flexibility index (Phi) is 4.93. The SMILES string of the molecule is CCc1cc(C(=O)NCCc2cccs2)nc2cc(-c3ccccn3)nn12. The van der Waals surface area contributed by atoms with Crippen molar-refractivity contribution >= 4 is 22.9 Å². The van der Waals surface area contributed by atoms with Crippen LogP contribution in [-0.4, -0.2) is 32.0 Å². The third-order valence-electron chi connectivity index (χ3n) is 4.26. The number of amides is 1. The normalized spacial score (nSPS) is 11.0. The van der Waals surface area contributed by atoms with Crippen LogP contribution in [0, 0.1) is 0 Å². The van der Waals surface area contributed by atoms with Crippen LogP contribution in [0.3, 0.4) is 0 Å². The number of thiophene rings is 1. The van der Waals surface area contributed by atoms with E-state index in [9.17, 15) is 4.79 Å². The Hall–Kier alpha value is -3.06. The fourth-order valence-corrected chi connectivity index (χ4v) is 3.60. The zero-order valence-corrected chi connectivity index (χ0v) is 15.7.